The summed E-state index contributed by atoms with van der Waals surface area (Å²) in [4.78, 5) is 42.9. The van der Waals surface area contributed by atoms with Gasteiger partial charge in [-0.3, -0.25) is 19.3 Å². The highest BCUT2D eigenvalue weighted by Crippen LogP contribution is 2.28. The first-order valence-electron chi connectivity index (χ1n) is 10.4. The van der Waals surface area contributed by atoms with Crippen molar-refractivity contribution in [3.63, 3.8) is 0 Å². The minimum atomic E-state index is -0.388. The number of ketones is 1. The Kier molecular flexibility index (Phi) is 5.43. The molecular weight excluding hydrogens is 378 g/mol. The van der Waals surface area contributed by atoms with E-state index in [0.29, 0.717) is 11.3 Å². The minimum absolute atomic E-state index is 0.0594. The van der Waals surface area contributed by atoms with E-state index in [1.54, 1.807) is 6.92 Å². The molecule has 30 heavy (non-hydrogen) atoms. The topological polar surface area (TPSA) is 60.9 Å². The van der Waals surface area contributed by atoms with Crippen LogP contribution >= 0.6 is 0 Å². The molecule has 0 aliphatic carbocycles. The van der Waals surface area contributed by atoms with Crippen LogP contribution in [0.2, 0.25) is 0 Å². The van der Waals surface area contributed by atoms with Crippen molar-refractivity contribution in [2.45, 2.75) is 33.2 Å². The molecule has 2 saturated heterocycles. The van der Waals surface area contributed by atoms with E-state index in [0.717, 1.165) is 43.0 Å². The van der Waals surface area contributed by atoms with Gasteiger partial charge in [0.25, 0.3) is 5.91 Å². The van der Waals surface area contributed by atoms with Gasteiger partial charge < -0.3 is 4.90 Å². The molecule has 2 aromatic carbocycles. The second kappa shape index (κ2) is 8.03. The Labute approximate surface area is 177 Å². The zero-order valence-corrected chi connectivity index (χ0v) is 17.7. The summed E-state index contributed by atoms with van der Waals surface area (Å²) in [6, 6.07) is 13.0. The van der Waals surface area contributed by atoms with E-state index in [1.807, 2.05) is 56.3 Å². The standard InChI is InChI=1S/C24H27N3O3/c1-16-4-7-21(14-17(16)2)27-23(29)15-22(24(27)30)26-12-10-25(11-13-26)20-8-5-19(6-9-20)18(3)28/h4-9,14,22H,10-13,15H2,1-3H3. The highest BCUT2D eigenvalue weighted by atomic mass is 16.2. The van der Waals surface area contributed by atoms with Crippen LogP contribution in [0.25, 0.3) is 0 Å². The summed E-state index contributed by atoms with van der Waals surface area (Å²) in [5.41, 5.74) is 4.66. The van der Waals surface area contributed by atoms with Gasteiger partial charge >= 0.3 is 0 Å². The molecule has 0 N–H and O–H groups in total. The van der Waals surface area contributed by atoms with Gasteiger partial charge in [-0.1, -0.05) is 6.07 Å². The molecule has 2 amide bonds. The summed E-state index contributed by atoms with van der Waals surface area (Å²) < 4.78 is 0. The van der Waals surface area contributed by atoms with Gasteiger partial charge in [-0.2, -0.15) is 0 Å². The van der Waals surface area contributed by atoms with Crippen molar-refractivity contribution < 1.29 is 14.4 Å². The number of rotatable bonds is 4. The number of benzene rings is 2. The summed E-state index contributed by atoms with van der Waals surface area (Å²) in [6.07, 6.45) is 0.235. The van der Waals surface area contributed by atoms with Gasteiger partial charge in [0.15, 0.2) is 5.78 Å². The quantitative estimate of drug-likeness (QED) is 0.578. The highest BCUT2D eigenvalue weighted by molar-refractivity contribution is 6.22. The third-order valence-corrected chi connectivity index (χ3v) is 6.27. The summed E-state index contributed by atoms with van der Waals surface area (Å²) in [5.74, 6) is -0.192. The Hall–Kier alpha value is -2.99. The average molecular weight is 405 g/mol. The van der Waals surface area contributed by atoms with Gasteiger partial charge in [0, 0.05) is 37.4 Å². The van der Waals surface area contributed by atoms with Crippen LogP contribution in [0.1, 0.15) is 34.8 Å². The fourth-order valence-corrected chi connectivity index (χ4v) is 4.24. The lowest BCUT2D eigenvalue weighted by atomic mass is 10.1. The van der Waals surface area contributed by atoms with Gasteiger partial charge in [-0.05, 0) is 68.3 Å². The van der Waals surface area contributed by atoms with Gasteiger partial charge in [-0.25, -0.2) is 4.90 Å². The number of nitrogens with zero attached hydrogens (tertiary/aromatic N) is 3. The molecular formula is C24H27N3O3. The predicted molar refractivity (Wildman–Crippen MR) is 117 cm³/mol. The van der Waals surface area contributed by atoms with Gasteiger partial charge in [0.1, 0.15) is 0 Å². The fraction of sp³-hybridized carbons (Fsp3) is 0.375. The molecule has 1 atom stereocenters. The number of piperazine rings is 1. The number of aryl methyl sites for hydroxylation is 2. The van der Waals surface area contributed by atoms with E-state index in [2.05, 4.69) is 9.80 Å². The Balaban J connectivity index is 1.42. The maximum Gasteiger partial charge on any atom is 0.251 e. The Morgan fingerprint density at radius 2 is 1.50 bits per heavy atom. The van der Waals surface area contributed by atoms with Crippen molar-refractivity contribution in [1.29, 1.82) is 0 Å². The second-order valence-corrected chi connectivity index (χ2v) is 8.18. The summed E-state index contributed by atoms with van der Waals surface area (Å²) in [5, 5.41) is 0. The van der Waals surface area contributed by atoms with Crippen LogP contribution in [-0.4, -0.2) is 54.7 Å². The third-order valence-electron chi connectivity index (χ3n) is 6.27. The average Bonchev–Trinajstić information content (AvgIpc) is 3.04. The summed E-state index contributed by atoms with van der Waals surface area (Å²) in [6.45, 7) is 8.57. The number of hydrogen-bond donors (Lipinski definition) is 0. The number of Topliss-reactive ketones (excluding diaryl/α,β-unsaturated/α-hetero) is 1. The Bertz CT molecular complexity index is 991. The van der Waals surface area contributed by atoms with Crippen LogP contribution in [-0.2, 0) is 9.59 Å². The number of carbonyl (C=O) groups is 3. The number of carbonyl (C=O) groups excluding carboxylic acids is 3. The maximum atomic E-state index is 13.1. The van der Waals surface area contributed by atoms with Crippen molar-refractivity contribution in [1.82, 2.24) is 4.90 Å². The Morgan fingerprint density at radius 1 is 0.867 bits per heavy atom. The maximum absolute atomic E-state index is 13.1. The van der Waals surface area contributed by atoms with E-state index in [9.17, 15) is 14.4 Å². The van der Waals surface area contributed by atoms with E-state index in [4.69, 9.17) is 0 Å². The van der Waals surface area contributed by atoms with Crippen molar-refractivity contribution in [3.8, 4) is 0 Å². The first kappa shape index (κ1) is 20.3. The first-order valence-corrected chi connectivity index (χ1v) is 10.4. The zero-order chi connectivity index (χ0) is 21.4. The van der Waals surface area contributed by atoms with Crippen molar-refractivity contribution in [3.05, 3.63) is 59.2 Å². The fourth-order valence-electron chi connectivity index (χ4n) is 4.24. The lowest BCUT2D eigenvalue weighted by molar-refractivity contribution is -0.123. The van der Waals surface area contributed by atoms with E-state index in [1.165, 1.54) is 4.90 Å². The molecule has 0 spiro atoms. The molecule has 2 aliphatic rings. The molecule has 0 saturated carbocycles. The molecule has 4 rings (SSSR count). The smallest absolute Gasteiger partial charge is 0.251 e. The lowest BCUT2D eigenvalue weighted by Crippen LogP contribution is -2.52. The molecule has 0 radical (unpaired) electrons. The molecule has 2 fully saturated rings. The minimum Gasteiger partial charge on any atom is -0.369 e. The van der Waals surface area contributed by atoms with Gasteiger partial charge in [0.05, 0.1) is 18.2 Å². The summed E-state index contributed by atoms with van der Waals surface area (Å²) >= 11 is 0. The largest absolute Gasteiger partial charge is 0.369 e. The van der Waals surface area contributed by atoms with Crippen molar-refractivity contribution in [2.75, 3.05) is 36.0 Å². The highest BCUT2D eigenvalue weighted by Gasteiger charge is 2.43. The molecule has 6 heteroatoms. The predicted octanol–water partition coefficient (Wildman–Crippen LogP) is 2.96. The molecule has 0 bridgehead atoms. The van der Waals surface area contributed by atoms with Crippen LogP contribution in [0.15, 0.2) is 42.5 Å². The van der Waals surface area contributed by atoms with Crippen LogP contribution in [0.4, 0.5) is 11.4 Å². The number of imide groups is 1. The molecule has 0 aromatic heterocycles. The van der Waals surface area contributed by atoms with Crippen molar-refractivity contribution in [2.24, 2.45) is 0 Å². The third kappa shape index (κ3) is 3.75. The number of anilines is 2. The van der Waals surface area contributed by atoms with Crippen LogP contribution < -0.4 is 9.80 Å². The lowest BCUT2D eigenvalue weighted by Gasteiger charge is -2.38. The van der Waals surface area contributed by atoms with E-state index >= 15 is 0 Å². The molecule has 156 valence electrons. The van der Waals surface area contributed by atoms with Crippen molar-refractivity contribution >= 4 is 29.0 Å². The van der Waals surface area contributed by atoms with Crippen LogP contribution in [0, 0.1) is 13.8 Å². The van der Waals surface area contributed by atoms with Gasteiger partial charge in [-0.15, -0.1) is 0 Å². The molecule has 1 unspecified atom stereocenters. The number of amides is 2. The van der Waals surface area contributed by atoms with Crippen LogP contribution in [0.5, 0.6) is 0 Å². The summed E-state index contributed by atoms with van der Waals surface area (Å²) in [7, 11) is 0. The molecule has 2 aliphatic heterocycles. The number of hydrogen-bond acceptors (Lipinski definition) is 5. The Morgan fingerprint density at radius 3 is 2.10 bits per heavy atom. The second-order valence-electron chi connectivity index (χ2n) is 8.18. The van der Waals surface area contributed by atoms with Crippen LogP contribution in [0.3, 0.4) is 0 Å². The first-order chi connectivity index (χ1) is 14.3. The molecule has 2 heterocycles. The zero-order valence-electron chi connectivity index (χ0n) is 17.7. The normalized spacial score (nSPS) is 20.2. The van der Waals surface area contributed by atoms with E-state index < -0.39 is 0 Å². The SMILES string of the molecule is CC(=O)c1ccc(N2CCN(C3CC(=O)N(c4ccc(C)c(C)c4)C3=O)CC2)cc1. The monoisotopic (exact) mass is 405 g/mol. The molecule has 6 nitrogen and oxygen atoms in total. The van der Waals surface area contributed by atoms with Gasteiger partial charge in [0.2, 0.25) is 5.91 Å². The van der Waals surface area contributed by atoms with E-state index in [-0.39, 0.29) is 30.1 Å². The molecule has 2 aromatic rings.